The number of halogens is 1. The van der Waals surface area contributed by atoms with Crippen LogP contribution < -0.4 is 5.32 Å². The first-order valence-corrected chi connectivity index (χ1v) is 6.24. The van der Waals surface area contributed by atoms with E-state index in [2.05, 4.69) is 5.32 Å². The van der Waals surface area contributed by atoms with Gasteiger partial charge in [-0.3, -0.25) is 9.59 Å². The Balaban J connectivity index is 1.83. The van der Waals surface area contributed by atoms with Gasteiger partial charge in [0.25, 0.3) is 0 Å². The zero-order valence-electron chi connectivity index (χ0n) is 10.8. The lowest BCUT2D eigenvalue weighted by atomic mass is 10.1. The summed E-state index contributed by atoms with van der Waals surface area (Å²) >= 11 is 0. The van der Waals surface area contributed by atoms with Gasteiger partial charge in [0.15, 0.2) is 5.78 Å². The molecule has 20 heavy (non-hydrogen) atoms. The molecule has 4 heteroatoms. The van der Waals surface area contributed by atoms with E-state index in [0.29, 0.717) is 11.1 Å². The second-order valence-corrected chi connectivity index (χ2v) is 4.37. The van der Waals surface area contributed by atoms with E-state index in [1.165, 1.54) is 12.1 Å². The van der Waals surface area contributed by atoms with Crippen molar-refractivity contribution in [2.24, 2.45) is 0 Å². The normalized spacial score (nSPS) is 10.1. The van der Waals surface area contributed by atoms with E-state index in [-0.39, 0.29) is 30.5 Å². The minimum Gasteiger partial charge on any atom is -0.348 e. The number of hydrogen-bond donors (Lipinski definition) is 1. The summed E-state index contributed by atoms with van der Waals surface area (Å²) < 4.78 is 12.7. The van der Waals surface area contributed by atoms with Gasteiger partial charge in [0.2, 0.25) is 5.91 Å². The molecule has 3 nitrogen and oxygen atoms in total. The summed E-state index contributed by atoms with van der Waals surface area (Å²) in [6, 6.07) is 14.5. The Morgan fingerprint density at radius 3 is 2.25 bits per heavy atom. The number of Topliss-reactive ketones (excluding diaryl/α,β-unsaturated/α-hetero) is 1. The molecule has 2 rings (SSSR count). The van der Waals surface area contributed by atoms with Gasteiger partial charge in [0, 0.05) is 5.56 Å². The lowest BCUT2D eigenvalue weighted by Crippen LogP contribution is -2.30. The Morgan fingerprint density at radius 1 is 0.950 bits per heavy atom. The van der Waals surface area contributed by atoms with Crippen molar-refractivity contribution in [3.05, 3.63) is 71.5 Å². The van der Waals surface area contributed by atoms with E-state index in [1.807, 2.05) is 6.07 Å². The molecule has 0 aromatic heterocycles. The molecule has 0 saturated carbocycles. The van der Waals surface area contributed by atoms with Crippen LogP contribution in [0.4, 0.5) is 4.39 Å². The molecule has 0 spiro atoms. The average Bonchev–Trinajstić information content (AvgIpc) is 2.48. The van der Waals surface area contributed by atoms with Gasteiger partial charge < -0.3 is 5.32 Å². The quantitative estimate of drug-likeness (QED) is 0.849. The predicted molar refractivity (Wildman–Crippen MR) is 73.9 cm³/mol. The molecule has 0 unspecified atom stereocenters. The lowest BCUT2D eigenvalue weighted by Gasteiger charge is -2.05. The van der Waals surface area contributed by atoms with Crippen LogP contribution >= 0.6 is 0 Å². The van der Waals surface area contributed by atoms with Crippen LogP contribution in [-0.2, 0) is 11.2 Å². The largest absolute Gasteiger partial charge is 0.348 e. The molecule has 0 saturated heterocycles. The number of hydrogen-bond acceptors (Lipinski definition) is 2. The number of rotatable bonds is 5. The zero-order chi connectivity index (χ0) is 14.4. The molecule has 0 aliphatic carbocycles. The highest BCUT2D eigenvalue weighted by Gasteiger charge is 2.08. The third-order valence-corrected chi connectivity index (χ3v) is 2.82. The van der Waals surface area contributed by atoms with Crippen LogP contribution in [0, 0.1) is 5.82 Å². The van der Waals surface area contributed by atoms with Crippen LogP contribution in [0.5, 0.6) is 0 Å². The van der Waals surface area contributed by atoms with Crippen molar-refractivity contribution in [1.29, 1.82) is 0 Å². The fraction of sp³-hybridized carbons (Fsp3) is 0.125. The van der Waals surface area contributed by atoms with Gasteiger partial charge in [0.05, 0.1) is 13.0 Å². The highest BCUT2D eigenvalue weighted by molar-refractivity contribution is 5.99. The van der Waals surface area contributed by atoms with Crippen molar-refractivity contribution in [2.75, 3.05) is 6.54 Å². The number of benzene rings is 2. The van der Waals surface area contributed by atoms with Crippen molar-refractivity contribution >= 4 is 11.7 Å². The second kappa shape index (κ2) is 6.61. The van der Waals surface area contributed by atoms with Crippen molar-refractivity contribution in [2.45, 2.75) is 6.42 Å². The van der Waals surface area contributed by atoms with E-state index >= 15 is 0 Å². The predicted octanol–water partition coefficient (Wildman–Crippen LogP) is 2.37. The maximum atomic E-state index is 12.7. The smallest absolute Gasteiger partial charge is 0.224 e. The van der Waals surface area contributed by atoms with E-state index in [9.17, 15) is 14.0 Å². The first kappa shape index (κ1) is 13.9. The van der Waals surface area contributed by atoms with Crippen molar-refractivity contribution in [1.82, 2.24) is 5.32 Å². The van der Waals surface area contributed by atoms with Gasteiger partial charge in [-0.1, -0.05) is 42.5 Å². The van der Waals surface area contributed by atoms with Crippen LogP contribution in [0.15, 0.2) is 54.6 Å². The number of nitrogens with one attached hydrogen (secondary N) is 1. The fourth-order valence-corrected chi connectivity index (χ4v) is 1.76. The van der Waals surface area contributed by atoms with E-state index in [0.717, 1.165) is 0 Å². The number of amides is 1. The van der Waals surface area contributed by atoms with E-state index < -0.39 is 0 Å². The molecule has 0 fully saturated rings. The van der Waals surface area contributed by atoms with E-state index in [1.54, 1.807) is 36.4 Å². The molecule has 0 aliphatic heterocycles. The SMILES string of the molecule is O=C(Cc1ccc(F)cc1)NCC(=O)c1ccccc1. The van der Waals surface area contributed by atoms with Crippen molar-refractivity contribution in [3.63, 3.8) is 0 Å². The maximum Gasteiger partial charge on any atom is 0.224 e. The van der Waals surface area contributed by atoms with Gasteiger partial charge in [-0.05, 0) is 17.7 Å². The monoisotopic (exact) mass is 271 g/mol. The molecule has 1 N–H and O–H groups in total. The summed E-state index contributed by atoms with van der Waals surface area (Å²) in [6.07, 6.45) is 0.127. The topological polar surface area (TPSA) is 46.2 Å². The average molecular weight is 271 g/mol. The van der Waals surface area contributed by atoms with Crippen molar-refractivity contribution in [3.8, 4) is 0 Å². The standard InChI is InChI=1S/C16H14FNO2/c17-14-8-6-12(7-9-14)10-16(20)18-11-15(19)13-4-2-1-3-5-13/h1-9H,10-11H2,(H,18,20). The Hall–Kier alpha value is -2.49. The summed E-state index contributed by atoms with van der Waals surface area (Å²) in [5.41, 5.74) is 1.27. The number of carbonyl (C=O) groups excluding carboxylic acids is 2. The maximum absolute atomic E-state index is 12.7. The van der Waals surface area contributed by atoms with Gasteiger partial charge in [0.1, 0.15) is 5.82 Å². The van der Waals surface area contributed by atoms with Crippen LogP contribution in [0.3, 0.4) is 0 Å². The Morgan fingerprint density at radius 2 is 1.60 bits per heavy atom. The van der Waals surface area contributed by atoms with Gasteiger partial charge in [-0.2, -0.15) is 0 Å². The molecular formula is C16H14FNO2. The molecule has 0 atom stereocenters. The molecule has 0 radical (unpaired) electrons. The fourth-order valence-electron chi connectivity index (χ4n) is 1.76. The van der Waals surface area contributed by atoms with Gasteiger partial charge in [-0.25, -0.2) is 4.39 Å². The van der Waals surface area contributed by atoms with Crippen LogP contribution in [0.2, 0.25) is 0 Å². The summed E-state index contributed by atoms with van der Waals surface area (Å²) in [5, 5.41) is 2.56. The van der Waals surface area contributed by atoms with Gasteiger partial charge in [-0.15, -0.1) is 0 Å². The molecule has 2 aromatic carbocycles. The molecular weight excluding hydrogens is 257 g/mol. The Bertz CT molecular complexity index is 594. The molecule has 0 heterocycles. The Kier molecular flexibility index (Phi) is 4.60. The van der Waals surface area contributed by atoms with Gasteiger partial charge >= 0.3 is 0 Å². The minimum atomic E-state index is -0.339. The number of ketones is 1. The summed E-state index contributed by atoms with van der Waals surface area (Å²) in [4.78, 5) is 23.5. The third kappa shape index (κ3) is 4.02. The molecule has 102 valence electrons. The summed E-state index contributed by atoms with van der Waals surface area (Å²) in [6.45, 7) is -0.0377. The van der Waals surface area contributed by atoms with Crippen LogP contribution in [0.25, 0.3) is 0 Å². The van der Waals surface area contributed by atoms with Crippen LogP contribution in [-0.4, -0.2) is 18.2 Å². The summed E-state index contributed by atoms with van der Waals surface area (Å²) in [5.74, 6) is -0.743. The second-order valence-electron chi connectivity index (χ2n) is 4.37. The Labute approximate surface area is 116 Å². The first-order chi connectivity index (χ1) is 9.65. The van der Waals surface area contributed by atoms with Crippen LogP contribution in [0.1, 0.15) is 15.9 Å². The third-order valence-electron chi connectivity index (χ3n) is 2.82. The molecule has 0 bridgehead atoms. The summed E-state index contributed by atoms with van der Waals surface area (Å²) in [7, 11) is 0. The minimum absolute atomic E-state index is 0.0377. The highest BCUT2D eigenvalue weighted by Crippen LogP contribution is 2.03. The number of carbonyl (C=O) groups is 2. The van der Waals surface area contributed by atoms with E-state index in [4.69, 9.17) is 0 Å². The first-order valence-electron chi connectivity index (χ1n) is 6.24. The highest BCUT2D eigenvalue weighted by atomic mass is 19.1. The molecule has 0 aliphatic rings. The lowest BCUT2D eigenvalue weighted by molar-refractivity contribution is -0.120. The molecule has 2 aromatic rings. The zero-order valence-corrected chi connectivity index (χ0v) is 10.8. The van der Waals surface area contributed by atoms with Crippen molar-refractivity contribution < 1.29 is 14.0 Å². The molecule has 1 amide bonds.